The third-order valence-electron chi connectivity index (χ3n) is 8.00. The average molecular weight is 628 g/mol. The number of amides is 2. The van der Waals surface area contributed by atoms with Crippen molar-refractivity contribution < 1.29 is 33.2 Å². The van der Waals surface area contributed by atoms with Gasteiger partial charge in [-0.1, -0.05) is 48.5 Å². The molecule has 2 amide bonds. The van der Waals surface area contributed by atoms with E-state index in [1.54, 1.807) is 32.9 Å². The predicted molar refractivity (Wildman–Crippen MR) is 175 cm³/mol. The van der Waals surface area contributed by atoms with E-state index >= 15 is 0 Å². The molecule has 0 aliphatic heterocycles. The molecule has 242 valence electrons. The van der Waals surface area contributed by atoms with E-state index in [-0.39, 0.29) is 37.3 Å². The standard InChI is InChI=1S/C36H42N4O6/c1-7-37-34(42)27-18-29-30(19-31(27)44-22-33(41)46-36(4,5)6)40(9-3)32(39(29)8-2)20-38-35(43)45-21-28-25-16-12-10-14-23(25)24-15-11-13-17-26(24)28/h10-19,28H,7-9,20-22H2,1-6H3,(H-,37,38,42,43)/p+1. The maximum atomic E-state index is 13.1. The monoisotopic (exact) mass is 627 g/mol. The van der Waals surface area contributed by atoms with Gasteiger partial charge in [-0.2, -0.15) is 0 Å². The number of imidazole rings is 1. The van der Waals surface area contributed by atoms with E-state index < -0.39 is 17.7 Å². The first-order chi connectivity index (χ1) is 22.1. The lowest BCUT2D eigenvalue weighted by Gasteiger charge is -2.19. The molecule has 1 aliphatic rings. The zero-order chi connectivity index (χ0) is 33.0. The SMILES string of the molecule is CCNC(=O)c1cc2c(cc1OCC(=O)OC(C)(C)C)[n+](CC)c(CNC(=O)OCC1c3ccccc3-c3ccccc31)n2CC. The van der Waals surface area contributed by atoms with E-state index in [1.807, 2.05) is 45.0 Å². The first-order valence-electron chi connectivity index (χ1n) is 15.9. The molecule has 4 aromatic rings. The van der Waals surface area contributed by atoms with Gasteiger partial charge in [0, 0.05) is 24.6 Å². The van der Waals surface area contributed by atoms with Crippen LogP contribution >= 0.6 is 0 Å². The zero-order valence-corrected chi connectivity index (χ0v) is 27.4. The van der Waals surface area contributed by atoms with E-state index in [0.29, 0.717) is 25.2 Å². The number of aromatic nitrogens is 2. The van der Waals surface area contributed by atoms with Crippen LogP contribution in [0.25, 0.3) is 22.2 Å². The molecule has 5 rings (SSSR count). The number of carbonyl (C=O) groups is 3. The normalized spacial score (nSPS) is 12.4. The van der Waals surface area contributed by atoms with Crippen LogP contribution in [0.5, 0.6) is 5.75 Å². The van der Waals surface area contributed by atoms with Crippen molar-refractivity contribution in [1.82, 2.24) is 15.2 Å². The van der Waals surface area contributed by atoms with E-state index in [2.05, 4.69) is 44.0 Å². The van der Waals surface area contributed by atoms with Crippen molar-refractivity contribution in [3.8, 4) is 16.9 Å². The molecule has 0 unspecified atom stereocenters. The maximum absolute atomic E-state index is 13.1. The van der Waals surface area contributed by atoms with Crippen molar-refractivity contribution in [2.45, 2.75) is 72.7 Å². The van der Waals surface area contributed by atoms with Crippen LogP contribution in [0, 0.1) is 0 Å². The van der Waals surface area contributed by atoms with Gasteiger partial charge < -0.3 is 24.8 Å². The Balaban J connectivity index is 1.37. The Bertz CT molecular complexity index is 1720. The van der Waals surface area contributed by atoms with Gasteiger partial charge >= 0.3 is 12.1 Å². The summed E-state index contributed by atoms with van der Waals surface area (Å²) in [6.07, 6.45) is -0.512. The summed E-state index contributed by atoms with van der Waals surface area (Å²) in [4.78, 5) is 38.6. The molecule has 10 nitrogen and oxygen atoms in total. The number of aryl methyl sites for hydroxylation is 2. The molecule has 10 heteroatoms. The number of nitrogens with one attached hydrogen (secondary N) is 2. The number of rotatable bonds is 11. The summed E-state index contributed by atoms with van der Waals surface area (Å²) >= 11 is 0. The molecule has 3 aromatic carbocycles. The molecule has 0 bridgehead atoms. The van der Waals surface area contributed by atoms with Gasteiger partial charge in [0.05, 0.1) is 18.7 Å². The van der Waals surface area contributed by atoms with E-state index in [9.17, 15) is 14.4 Å². The smallest absolute Gasteiger partial charge is 0.407 e. The van der Waals surface area contributed by atoms with Crippen LogP contribution in [0.1, 0.15) is 74.8 Å². The summed E-state index contributed by atoms with van der Waals surface area (Å²) in [5, 5.41) is 5.77. The van der Waals surface area contributed by atoms with Crippen LogP contribution in [-0.4, -0.2) is 47.9 Å². The molecule has 46 heavy (non-hydrogen) atoms. The highest BCUT2D eigenvalue weighted by molar-refractivity contribution is 6.00. The van der Waals surface area contributed by atoms with E-state index in [1.165, 1.54) is 11.1 Å². The molecule has 1 heterocycles. The third-order valence-corrected chi connectivity index (χ3v) is 8.00. The van der Waals surface area contributed by atoms with E-state index in [0.717, 1.165) is 28.0 Å². The van der Waals surface area contributed by atoms with Crippen LogP contribution in [-0.2, 0) is 33.9 Å². The Hall–Kier alpha value is -4.86. The molecule has 0 fully saturated rings. The number of hydrogen-bond donors (Lipinski definition) is 2. The van der Waals surface area contributed by atoms with Gasteiger partial charge in [0.2, 0.25) is 0 Å². The van der Waals surface area contributed by atoms with Gasteiger partial charge in [0.15, 0.2) is 17.6 Å². The summed E-state index contributed by atoms with van der Waals surface area (Å²) in [6, 6.07) is 20.0. The minimum absolute atomic E-state index is 0.0346. The van der Waals surface area contributed by atoms with Crippen LogP contribution < -0.4 is 19.9 Å². The van der Waals surface area contributed by atoms with Crippen LogP contribution in [0.3, 0.4) is 0 Å². The summed E-state index contributed by atoms with van der Waals surface area (Å²) in [7, 11) is 0. The van der Waals surface area contributed by atoms with Gasteiger partial charge in [-0.25, -0.2) is 18.7 Å². The quantitative estimate of drug-likeness (QED) is 0.168. The summed E-state index contributed by atoms with van der Waals surface area (Å²) in [6.45, 7) is 12.9. The van der Waals surface area contributed by atoms with Crippen LogP contribution in [0.2, 0.25) is 0 Å². The second kappa shape index (κ2) is 13.6. The number of benzene rings is 3. The topological polar surface area (TPSA) is 112 Å². The Labute approximate surface area is 269 Å². The number of carbonyl (C=O) groups excluding carboxylic acids is 3. The maximum Gasteiger partial charge on any atom is 0.407 e. The largest absolute Gasteiger partial charge is 0.481 e. The fourth-order valence-corrected chi connectivity index (χ4v) is 6.17. The first-order valence-corrected chi connectivity index (χ1v) is 15.9. The molecule has 1 aromatic heterocycles. The summed E-state index contributed by atoms with van der Waals surface area (Å²) in [5.41, 5.74) is 5.91. The number of fused-ring (bicyclic) bond motifs is 4. The predicted octanol–water partition coefficient (Wildman–Crippen LogP) is 5.48. The first kappa shape index (κ1) is 32.5. The molecule has 0 spiro atoms. The Kier molecular flexibility index (Phi) is 9.65. The Morgan fingerprint density at radius 2 is 1.57 bits per heavy atom. The van der Waals surface area contributed by atoms with Gasteiger partial charge in [0.25, 0.3) is 11.7 Å². The van der Waals surface area contributed by atoms with Crippen molar-refractivity contribution in [3.05, 3.63) is 83.2 Å². The minimum atomic E-state index is -0.661. The third kappa shape index (κ3) is 6.71. The molecule has 2 N–H and O–H groups in total. The Morgan fingerprint density at radius 3 is 2.15 bits per heavy atom. The van der Waals surface area contributed by atoms with Gasteiger partial charge in [-0.05, 0) is 63.8 Å². The highest BCUT2D eigenvalue weighted by Gasteiger charge is 2.31. The lowest BCUT2D eigenvalue weighted by molar-refractivity contribution is -0.676. The lowest BCUT2D eigenvalue weighted by Crippen LogP contribution is -2.40. The fraction of sp³-hybridized carbons (Fsp3) is 0.389. The Morgan fingerprint density at radius 1 is 0.913 bits per heavy atom. The highest BCUT2D eigenvalue weighted by Crippen LogP contribution is 2.44. The lowest BCUT2D eigenvalue weighted by atomic mass is 9.98. The molecule has 0 saturated heterocycles. The molecule has 1 aliphatic carbocycles. The van der Waals surface area contributed by atoms with Gasteiger partial charge in [-0.15, -0.1) is 0 Å². The van der Waals surface area contributed by atoms with Crippen molar-refractivity contribution in [1.29, 1.82) is 0 Å². The van der Waals surface area contributed by atoms with Crippen molar-refractivity contribution in [3.63, 3.8) is 0 Å². The minimum Gasteiger partial charge on any atom is -0.481 e. The number of nitrogens with zero attached hydrogens (tertiary/aromatic N) is 2. The highest BCUT2D eigenvalue weighted by atomic mass is 16.6. The fourth-order valence-electron chi connectivity index (χ4n) is 6.17. The van der Waals surface area contributed by atoms with Crippen molar-refractivity contribution in [2.24, 2.45) is 0 Å². The van der Waals surface area contributed by atoms with E-state index in [4.69, 9.17) is 14.2 Å². The number of hydrogen-bond acceptors (Lipinski definition) is 6. The van der Waals surface area contributed by atoms with Crippen molar-refractivity contribution in [2.75, 3.05) is 19.8 Å². The zero-order valence-electron chi connectivity index (χ0n) is 27.4. The molecule has 0 saturated carbocycles. The van der Waals surface area contributed by atoms with Gasteiger partial charge in [-0.3, -0.25) is 4.79 Å². The number of alkyl carbamates (subject to hydrolysis) is 1. The van der Waals surface area contributed by atoms with Crippen LogP contribution in [0.15, 0.2) is 60.7 Å². The van der Waals surface area contributed by atoms with Crippen molar-refractivity contribution >= 4 is 29.0 Å². The van der Waals surface area contributed by atoms with Crippen LogP contribution in [0.4, 0.5) is 4.79 Å². The number of ether oxygens (including phenoxy) is 3. The second-order valence-electron chi connectivity index (χ2n) is 12.2. The summed E-state index contributed by atoms with van der Waals surface area (Å²) in [5.74, 6) is 0.230. The summed E-state index contributed by atoms with van der Waals surface area (Å²) < 4.78 is 21.2. The second-order valence-corrected chi connectivity index (χ2v) is 12.2. The number of esters is 1. The molecular weight excluding hydrogens is 584 g/mol. The molecule has 0 atom stereocenters. The van der Waals surface area contributed by atoms with Gasteiger partial charge in [0.1, 0.15) is 24.5 Å². The molecular formula is C36H43N4O6+. The average Bonchev–Trinajstić information content (AvgIpc) is 3.51. The molecule has 0 radical (unpaired) electrons.